The predicted molar refractivity (Wildman–Crippen MR) is 109 cm³/mol. The topological polar surface area (TPSA) is 78.0 Å². The Balaban J connectivity index is 1.64. The van der Waals surface area contributed by atoms with Crippen LogP contribution in [0.15, 0.2) is 24.3 Å². The highest BCUT2D eigenvalue weighted by Gasteiger charge is 2.38. The Kier molecular flexibility index (Phi) is 6.09. The molecule has 0 N–H and O–H groups in total. The van der Waals surface area contributed by atoms with E-state index < -0.39 is 10.0 Å². The molecule has 1 atom stereocenters. The first-order chi connectivity index (χ1) is 13.2. The third-order valence-corrected chi connectivity index (χ3v) is 7.51. The number of anilines is 1. The molecule has 0 bridgehead atoms. The molecule has 0 spiro atoms. The van der Waals surface area contributed by atoms with Crippen LogP contribution in [0.4, 0.5) is 5.69 Å². The number of carbonyl (C=O) groups excluding carboxylic acids is 2. The van der Waals surface area contributed by atoms with Crippen LogP contribution in [0.1, 0.15) is 38.7 Å². The standard InChI is InChI=1S/C20H29N3O4S/c1-4-28(26,27)22-10-8-21(9-11-22)20(25)17-13-19(24)23(14-17)18-7-5-6-16(12-18)15(2)3/h5-7,12,15,17H,4,8-11,13-14H2,1-3H3. The molecule has 28 heavy (non-hydrogen) atoms. The molecule has 1 aromatic rings. The maximum absolute atomic E-state index is 12.9. The SMILES string of the molecule is CCS(=O)(=O)N1CCN(C(=O)C2CC(=O)N(c3cccc(C(C)C)c3)C2)CC1. The molecule has 0 aromatic heterocycles. The molecule has 1 aromatic carbocycles. The van der Waals surface area contributed by atoms with Gasteiger partial charge in [0.1, 0.15) is 0 Å². The van der Waals surface area contributed by atoms with E-state index in [1.165, 1.54) is 4.31 Å². The Bertz CT molecular complexity index is 845. The van der Waals surface area contributed by atoms with Crippen molar-refractivity contribution < 1.29 is 18.0 Å². The van der Waals surface area contributed by atoms with Crippen molar-refractivity contribution in [3.8, 4) is 0 Å². The van der Waals surface area contributed by atoms with Crippen molar-refractivity contribution in [1.82, 2.24) is 9.21 Å². The van der Waals surface area contributed by atoms with Gasteiger partial charge in [-0.1, -0.05) is 26.0 Å². The van der Waals surface area contributed by atoms with Gasteiger partial charge in [0.05, 0.1) is 11.7 Å². The van der Waals surface area contributed by atoms with Gasteiger partial charge in [0, 0.05) is 44.8 Å². The fourth-order valence-electron chi connectivity index (χ4n) is 3.80. The quantitative estimate of drug-likeness (QED) is 0.744. The van der Waals surface area contributed by atoms with E-state index in [9.17, 15) is 18.0 Å². The smallest absolute Gasteiger partial charge is 0.228 e. The minimum atomic E-state index is -3.22. The number of carbonyl (C=O) groups is 2. The van der Waals surface area contributed by atoms with E-state index in [0.717, 1.165) is 11.3 Å². The largest absolute Gasteiger partial charge is 0.340 e. The van der Waals surface area contributed by atoms with Gasteiger partial charge in [0.15, 0.2) is 0 Å². The van der Waals surface area contributed by atoms with Crippen molar-refractivity contribution >= 4 is 27.5 Å². The van der Waals surface area contributed by atoms with E-state index in [2.05, 4.69) is 13.8 Å². The van der Waals surface area contributed by atoms with Crippen LogP contribution in [0.3, 0.4) is 0 Å². The van der Waals surface area contributed by atoms with Gasteiger partial charge in [-0.25, -0.2) is 8.42 Å². The molecule has 0 saturated carbocycles. The van der Waals surface area contributed by atoms with Gasteiger partial charge >= 0.3 is 0 Å². The first-order valence-corrected chi connectivity index (χ1v) is 11.5. The Morgan fingerprint density at radius 1 is 1.18 bits per heavy atom. The monoisotopic (exact) mass is 407 g/mol. The number of nitrogens with zero attached hydrogens (tertiary/aromatic N) is 3. The van der Waals surface area contributed by atoms with Crippen molar-refractivity contribution in [3.63, 3.8) is 0 Å². The zero-order valence-corrected chi connectivity index (χ0v) is 17.6. The molecule has 0 aliphatic carbocycles. The number of hydrogen-bond acceptors (Lipinski definition) is 4. The number of piperazine rings is 1. The van der Waals surface area contributed by atoms with E-state index in [1.54, 1.807) is 16.7 Å². The highest BCUT2D eigenvalue weighted by atomic mass is 32.2. The number of sulfonamides is 1. The van der Waals surface area contributed by atoms with Crippen LogP contribution in [0.5, 0.6) is 0 Å². The summed E-state index contributed by atoms with van der Waals surface area (Å²) >= 11 is 0. The summed E-state index contributed by atoms with van der Waals surface area (Å²) in [7, 11) is -3.22. The van der Waals surface area contributed by atoms with E-state index in [1.807, 2.05) is 24.3 Å². The van der Waals surface area contributed by atoms with Crippen LogP contribution >= 0.6 is 0 Å². The molecule has 2 fully saturated rings. The lowest BCUT2D eigenvalue weighted by atomic mass is 10.0. The third kappa shape index (κ3) is 4.22. The first-order valence-electron chi connectivity index (χ1n) is 9.90. The molecule has 2 saturated heterocycles. The minimum Gasteiger partial charge on any atom is -0.340 e. The van der Waals surface area contributed by atoms with Crippen molar-refractivity contribution in [2.75, 3.05) is 43.4 Å². The third-order valence-electron chi connectivity index (χ3n) is 5.63. The summed E-state index contributed by atoms with van der Waals surface area (Å²) in [5.41, 5.74) is 2.00. The minimum absolute atomic E-state index is 0.0357. The highest BCUT2D eigenvalue weighted by Crippen LogP contribution is 2.29. The fourth-order valence-corrected chi connectivity index (χ4v) is 4.89. The van der Waals surface area contributed by atoms with E-state index in [0.29, 0.717) is 38.6 Å². The summed E-state index contributed by atoms with van der Waals surface area (Å²) < 4.78 is 25.4. The second-order valence-electron chi connectivity index (χ2n) is 7.78. The Labute approximate surface area is 167 Å². The van der Waals surface area contributed by atoms with E-state index in [-0.39, 0.29) is 29.9 Å². The summed E-state index contributed by atoms with van der Waals surface area (Å²) in [5.74, 6) is -0.0196. The molecule has 2 aliphatic rings. The van der Waals surface area contributed by atoms with Crippen LogP contribution in [0.2, 0.25) is 0 Å². The summed E-state index contributed by atoms with van der Waals surface area (Å²) in [5, 5.41) is 0. The molecule has 3 rings (SSSR count). The van der Waals surface area contributed by atoms with Gasteiger partial charge in [-0.05, 0) is 30.5 Å². The van der Waals surface area contributed by atoms with Gasteiger partial charge in [-0.2, -0.15) is 4.31 Å². The maximum atomic E-state index is 12.9. The summed E-state index contributed by atoms with van der Waals surface area (Å²) in [6, 6.07) is 7.91. The molecule has 0 radical (unpaired) electrons. The molecule has 8 heteroatoms. The average molecular weight is 408 g/mol. The lowest BCUT2D eigenvalue weighted by Crippen LogP contribution is -2.52. The molecule has 2 heterocycles. The van der Waals surface area contributed by atoms with E-state index in [4.69, 9.17) is 0 Å². The van der Waals surface area contributed by atoms with E-state index >= 15 is 0 Å². The number of rotatable bonds is 5. The second-order valence-corrected chi connectivity index (χ2v) is 10.0. The Morgan fingerprint density at radius 2 is 1.86 bits per heavy atom. The van der Waals surface area contributed by atoms with Gasteiger partial charge < -0.3 is 9.80 Å². The second kappa shape index (κ2) is 8.21. The van der Waals surface area contributed by atoms with Crippen LogP contribution < -0.4 is 4.90 Å². The molecule has 154 valence electrons. The fraction of sp³-hybridized carbons (Fsp3) is 0.600. The van der Waals surface area contributed by atoms with Crippen molar-refractivity contribution in [2.24, 2.45) is 5.92 Å². The van der Waals surface area contributed by atoms with Gasteiger partial charge in [-0.3, -0.25) is 9.59 Å². The first kappa shape index (κ1) is 20.8. The summed E-state index contributed by atoms with van der Waals surface area (Å²) in [6.45, 7) is 7.63. The zero-order chi connectivity index (χ0) is 20.5. The zero-order valence-electron chi connectivity index (χ0n) is 16.8. The van der Waals surface area contributed by atoms with Crippen LogP contribution in [-0.2, 0) is 19.6 Å². The lowest BCUT2D eigenvalue weighted by Gasteiger charge is -2.35. The molecular formula is C20H29N3O4S. The van der Waals surface area contributed by atoms with Gasteiger partial charge in [0.25, 0.3) is 0 Å². The molecule has 2 aliphatic heterocycles. The normalized spacial score (nSPS) is 21.6. The molecule has 1 unspecified atom stereocenters. The molecular weight excluding hydrogens is 378 g/mol. The van der Waals surface area contributed by atoms with Crippen LogP contribution in [0, 0.1) is 5.92 Å². The number of hydrogen-bond donors (Lipinski definition) is 0. The Hall–Kier alpha value is -1.93. The van der Waals surface area contributed by atoms with Gasteiger partial charge in [-0.15, -0.1) is 0 Å². The maximum Gasteiger partial charge on any atom is 0.228 e. The van der Waals surface area contributed by atoms with Gasteiger partial charge in [0.2, 0.25) is 21.8 Å². The van der Waals surface area contributed by atoms with Crippen molar-refractivity contribution in [2.45, 2.75) is 33.1 Å². The molecule has 7 nitrogen and oxygen atoms in total. The lowest BCUT2D eigenvalue weighted by molar-refractivity contribution is -0.136. The average Bonchev–Trinajstić information content (AvgIpc) is 3.09. The van der Waals surface area contributed by atoms with Crippen molar-refractivity contribution in [1.29, 1.82) is 0 Å². The van der Waals surface area contributed by atoms with Crippen LogP contribution in [0.25, 0.3) is 0 Å². The van der Waals surface area contributed by atoms with Crippen LogP contribution in [-0.4, -0.2) is 67.9 Å². The summed E-state index contributed by atoms with van der Waals surface area (Å²) in [6.07, 6.45) is 0.207. The summed E-state index contributed by atoms with van der Waals surface area (Å²) in [4.78, 5) is 28.8. The number of amides is 2. The highest BCUT2D eigenvalue weighted by molar-refractivity contribution is 7.89. The van der Waals surface area contributed by atoms with Crippen molar-refractivity contribution in [3.05, 3.63) is 29.8 Å². The Morgan fingerprint density at radius 3 is 2.46 bits per heavy atom. The molecule has 2 amide bonds. The number of benzene rings is 1. The predicted octanol–water partition coefficient (Wildman–Crippen LogP) is 1.66.